The van der Waals surface area contributed by atoms with Crippen LogP contribution in [0.5, 0.6) is 0 Å². The Balaban J connectivity index is 2.48. The SMILES string of the molecule is Cc1cccc2c1CC(C)(C)[CH]2. The quantitative estimate of drug-likeness (QED) is 0.545. The van der Waals surface area contributed by atoms with Gasteiger partial charge in [-0.2, -0.15) is 0 Å². The molecular weight excluding hydrogens is 144 g/mol. The van der Waals surface area contributed by atoms with E-state index in [1.807, 2.05) is 0 Å². The Morgan fingerprint density at radius 1 is 1.25 bits per heavy atom. The Morgan fingerprint density at radius 3 is 2.67 bits per heavy atom. The van der Waals surface area contributed by atoms with E-state index < -0.39 is 0 Å². The van der Waals surface area contributed by atoms with Gasteiger partial charge in [-0.3, -0.25) is 0 Å². The summed E-state index contributed by atoms with van der Waals surface area (Å²) in [6, 6.07) is 6.57. The predicted octanol–water partition coefficient (Wildman–Crippen LogP) is 3.13. The van der Waals surface area contributed by atoms with Crippen molar-refractivity contribution < 1.29 is 0 Å². The number of hydrogen-bond donors (Lipinski definition) is 0. The van der Waals surface area contributed by atoms with Crippen LogP contribution in [0.4, 0.5) is 0 Å². The molecule has 0 heterocycles. The van der Waals surface area contributed by atoms with E-state index in [-0.39, 0.29) is 0 Å². The predicted molar refractivity (Wildman–Crippen MR) is 52.1 cm³/mol. The highest BCUT2D eigenvalue weighted by Gasteiger charge is 2.29. The molecule has 0 spiro atoms. The topological polar surface area (TPSA) is 0 Å². The van der Waals surface area contributed by atoms with Crippen molar-refractivity contribution in [1.29, 1.82) is 0 Å². The van der Waals surface area contributed by atoms with Gasteiger partial charge < -0.3 is 0 Å². The lowest BCUT2D eigenvalue weighted by Gasteiger charge is -2.14. The highest BCUT2D eigenvalue weighted by molar-refractivity contribution is 5.45. The molecule has 0 atom stereocenters. The van der Waals surface area contributed by atoms with E-state index in [0.29, 0.717) is 5.41 Å². The van der Waals surface area contributed by atoms with Gasteiger partial charge in [0.2, 0.25) is 0 Å². The second kappa shape index (κ2) is 2.35. The summed E-state index contributed by atoms with van der Waals surface area (Å²) in [5, 5.41) is 0. The van der Waals surface area contributed by atoms with E-state index in [2.05, 4.69) is 45.4 Å². The molecule has 1 aliphatic carbocycles. The first-order valence-corrected chi connectivity index (χ1v) is 4.53. The molecule has 1 aromatic rings. The molecule has 0 nitrogen and oxygen atoms in total. The van der Waals surface area contributed by atoms with Gasteiger partial charge in [0.25, 0.3) is 0 Å². The summed E-state index contributed by atoms with van der Waals surface area (Å²) < 4.78 is 0. The summed E-state index contributed by atoms with van der Waals surface area (Å²) in [6.45, 7) is 6.80. The molecule has 2 rings (SSSR count). The first kappa shape index (κ1) is 7.85. The van der Waals surface area contributed by atoms with Crippen LogP contribution in [0.25, 0.3) is 0 Å². The van der Waals surface area contributed by atoms with Crippen molar-refractivity contribution in [2.75, 3.05) is 0 Å². The molecule has 1 radical (unpaired) electrons. The minimum Gasteiger partial charge on any atom is -0.0617 e. The Labute approximate surface area is 74.6 Å². The van der Waals surface area contributed by atoms with Crippen molar-refractivity contribution in [3.63, 3.8) is 0 Å². The van der Waals surface area contributed by atoms with Crippen LogP contribution in [0, 0.1) is 18.8 Å². The minimum absolute atomic E-state index is 0.369. The van der Waals surface area contributed by atoms with Crippen LogP contribution in [0.15, 0.2) is 18.2 Å². The molecule has 63 valence electrons. The number of rotatable bonds is 0. The normalized spacial score (nSPS) is 19.2. The second-order valence-corrected chi connectivity index (χ2v) is 4.45. The smallest absolute Gasteiger partial charge is 0.00304 e. The molecule has 0 saturated heterocycles. The van der Waals surface area contributed by atoms with Crippen LogP contribution < -0.4 is 0 Å². The molecule has 0 unspecified atom stereocenters. The lowest BCUT2D eigenvalue weighted by atomic mass is 9.90. The molecule has 0 aliphatic heterocycles. The maximum atomic E-state index is 2.38. The van der Waals surface area contributed by atoms with E-state index in [9.17, 15) is 0 Å². The zero-order valence-electron chi connectivity index (χ0n) is 8.02. The van der Waals surface area contributed by atoms with Crippen LogP contribution in [-0.4, -0.2) is 0 Å². The third-order valence-corrected chi connectivity index (χ3v) is 2.63. The summed E-state index contributed by atoms with van der Waals surface area (Å²) in [4.78, 5) is 0. The largest absolute Gasteiger partial charge is 0.0617 e. The zero-order chi connectivity index (χ0) is 8.77. The van der Waals surface area contributed by atoms with Crippen molar-refractivity contribution in [3.8, 4) is 0 Å². The second-order valence-electron chi connectivity index (χ2n) is 4.45. The van der Waals surface area contributed by atoms with Crippen LogP contribution in [0.3, 0.4) is 0 Å². The Kier molecular flexibility index (Phi) is 1.54. The first-order valence-electron chi connectivity index (χ1n) is 4.53. The van der Waals surface area contributed by atoms with E-state index in [4.69, 9.17) is 0 Å². The van der Waals surface area contributed by atoms with Crippen molar-refractivity contribution in [1.82, 2.24) is 0 Å². The Morgan fingerprint density at radius 2 is 2.00 bits per heavy atom. The maximum absolute atomic E-state index is 2.38. The molecular formula is C12H15. The van der Waals surface area contributed by atoms with Gasteiger partial charge in [0.1, 0.15) is 0 Å². The standard InChI is InChI=1S/C12H15/c1-9-5-4-6-10-7-12(2,3)8-11(9)10/h4-7H,8H2,1-3H3. The first-order chi connectivity index (χ1) is 5.58. The van der Waals surface area contributed by atoms with Crippen LogP contribution in [-0.2, 0) is 6.42 Å². The molecule has 0 aromatic heterocycles. The summed E-state index contributed by atoms with van der Waals surface area (Å²) in [6.07, 6.45) is 3.59. The molecule has 0 saturated carbocycles. The summed E-state index contributed by atoms with van der Waals surface area (Å²) >= 11 is 0. The summed E-state index contributed by atoms with van der Waals surface area (Å²) in [7, 11) is 0. The van der Waals surface area contributed by atoms with Crippen molar-refractivity contribution in [3.05, 3.63) is 41.3 Å². The van der Waals surface area contributed by atoms with Gasteiger partial charge in [-0.25, -0.2) is 0 Å². The fourth-order valence-corrected chi connectivity index (χ4v) is 2.03. The highest BCUT2D eigenvalue weighted by Crippen LogP contribution is 2.39. The van der Waals surface area contributed by atoms with Crippen molar-refractivity contribution in [2.45, 2.75) is 27.2 Å². The lowest BCUT2D eigenvalue weighted by Crippen LogP contribution is -2.07. The third kappa shape index (κ3) is 1.16. The maximum Gasteiger partial charge on any atom is -0.00304 e. The molecule has 0 bridgehead atoms. The summed E-state index contributed by atoms with van der Waals surface area (Å²) in [5.41, 5.74) is 4.80. The van der Waals surface area contributed by atoms with E-state index in [1.54, 1.807) is 5.56 Å². The Hall–Kier alpha value is -0.780. The van der Waals surface area contributed by atoms with E-state index in [0.717, 1.165) is 0 Å². The third-order valence-electron chi connectivity index (χ3n) is 2.63. The van der Waals surface area contributed by atoms with E-state index >= 15 is 0 Å². The number of hydrogen-bond acceptors (Lipinski definition) is 0. The van der Waals surface area contributed by atoms with Crippen LogP contribution in [0.1, 0.15) is 30.5 Å². The molecule has 1 aromatic carbocycles. The fourth-order valence-electron chi connectivity index (χ4n) is 2.03. The zero-order valence-corrected chi connectivity index (χ0v) is 8.02. The molecule has 12 heavy (non-hydrogen) atoms. The van der Waals surface area contributed by atoms with Gasteiger partial charge in [-0.05, 0) is 41.9 Å². The van der Waals surface area contributed by atoms with Crippen LogP contribution in [0.2, 0.25) is 0 Å². The molecule has 0 N–H and O–H groups in total. The van der Waals surface area contributed by atoms with Gasteiger partial charge in [-0.15, -0.1) is 0 Å². The number of benzene rings is 1. The monoisotopic (exact) mass is 159 g/mol. The van der Waals surface area contributed by atoms with Crippen molar-refractivity contribution in [2.24, 2.45) is 5.41 Å². The van der Waals surface area contributed by atoms with Gasteiger partial charge in [-0.1, -0.05) is 32.0 Å². The fraction of sp³-hybridized carbons (Fsp3) is 0.417. The summed E-state index contributed by atoms with van der Waals surface area (Å²) in [5.74, 6) is 0. The molecule has 0 heteroatoms. The average Bonchev–Trinajstić information content (AvgIpc) is 2.25. The van der Waals surface area contributed by atoms with Crippen molar-refractivity contribution >= 4 is 0 Å². The highest BCUT2D eigenvalue weighted by atomic mass is 14.3. The lowest BCUT2D eigenvalue weighted by molar-refractivity contribution is 0.471. The number of fused-ring (bicyclic) bond motifs is 1. The van der Waals surface area contributed by atoms with Gasteiger partial charge in [0.15, 0.2) is 0 Å². The van der Waals surface area contributed by atoms with Gasteiger partial charge in [0.05, 0.1) is 0 Å². The van der Waals surface area contributed by atoms with Gasteiger partial charge >= 0.3 is 0 Å². The van der Waals surface area contributed by atoms with E-state index in [1.165, 1.54) is 17.5 Å². The molecule has 1 aliphatic rings. The molecule has 0 fully saturated rings. The van der Waals surface area contributed by atoms with Gasteiger partial charge in [0, 0.05) is 0 Å². The average molecular weight is 159 g/mol. The Bertz CT molecular complexity index is 308. The minimum atomic E-state index is 0.369. The van der Waals surface area contributed by atoms with Crippen LogP contribution >= 0.6 is 0 Å². The number of aryl methyl sites for hydroxylation is 1. The molecule has 0 amide bonds.